The first-order chi connectivity index (χ1) is 15.5. The number of halogens is 7. The molecule has 34 heavy (non-hydrogen) atoms. The van der Waals surface area contributed by atoms with E-state index in [1.54, 1.807) is 0 Å². The van der Waals surface area contributed by atoms with Crippen LogP contribution in [0.25, 0.3) is 0 Å². The van der Waals surface area contributed by atoms with E-state index < -0.39 is 73.9 Å². The van der Waals surface area contributed by atoms with Crippen molar-refractivity contribution in [3.05, 3.63) is 0 Å². The van der Waals surface area contributed by atoms with Gasteiger partial charge in [-0.05, 0) is 0 Å². The molecule has 5 unspecified atom stereocenters. The third kappa shape index (κ3) is 3.91. The SMILES string of the molecule is CC(=O)OC(CC1CC2CC(COC(=O)C(C)(C(C)C)C34NI3N4)C1C2)(C(F)(F)F)C(F)(F)F. The number of nitrogens with one attached hydrogen (secondary N) is 2. The van der Waals surface area contributed by atoms with Crippen LogP contribution in [0.1, 0.15) is 53.4 Å². The van der Waals surface area contributed by atoms with E-state index in [-0.39, 0.29) is 34.5 Å². The molecule has 2 N–H and O–H groups in total. The minimum atomic E-state index is -5.81. The average Bonchev–Trinajstić information content (AvgIpc) is 3.46. The summed E-state index contributed by atoms with van der Waals surface area (Å²) in [5, 5.41) is 0. The first-order valence-electron chi connectivity index (χ1n) is 11.2. The fourth-order valence-corrected chi connectivity index (χ4v) is 11.7. The predicted octanol–water partition coefficient (Wildman–Crippen LogP) is 4.87. The summed E-state index contributed by atoms with van der Waals surface area (Å²) in [5.74, 6) is -3.86. The number of carbonyl (C=O) groups is 2. The van der Waals surface area contributed by atoms with Gasteiger partial charge in [-0.1, -0.05) is 0 Å². The fourth-order valence-electron chi connectivity index (χ4n) is 5.96. The molecule has 2 heterocycles. The molecule has 2 bridgehead atoms. The van der Waals surface area contributed by atoms with E-state index in [1.807, 2.05) is 20.8 Å². The van der Waals surface area contributed by atoms with E-state index >= 15 is 0 Å². The van der Waals surface area contributed by atoms with Gasteiger partial charge in [0, 0.05) is 6.92 Å². The van der Waals surface area contributed by atoms with Crippen LogP contribution in [0.5, 0.6) is 0 Å². The van der Waals surface area contributed by atoms with Gasteiger partial charge in [0.15, 0.2) is 0 Å². The van der Waals surface area contributed by atoms with Crippen LogP contribution in [0, 0.1) is 35.0 Å². The molecule has 4 aliphatic rings. The van der Waals surface area contributed by atoms with Gasteiger partial charge in [0.1, 0.15) is 0 Å². The van der Waals surface area contributed by atoms with E-state index in [4.69, 9.17) is 4.74 Å². The molecule has 2 saturated carbocycles. The summed E-state index contributed by atoms with van der Waals surface area (Å²) in [7, 11) is 0. The summed E-state index contributed by atoms with van der Waals surface area (Å²) in [6, 6.07) is 0. The van der Waals surface area contributed by atoms with Gasteiger partial charge in [-0.2, -0.15) is 0 Å². The van der Waals surface area contributed by atoms with Gasteiger partial charge in [0.25, 0.3) is 0 Å². The van der Waals surface area contributed by atoms with Crippen molar-refractivity contribution in [2.45, 2.75) is 75.0 Å². The molecule has 196 valence electrons. The molecule has 0 spiro atoms. The second kappa shape index (κ2) is 8.09. The summed E-state index contributed by atoms with van der Waals surface area (Å²) < 4.78 is 98.4. The molecule has 0 amide bonds. The van der Waals surface area contributed by atoms with Gasteiger partial charge in [-0.25, -0.2) is 0 Å². The molecule has 2 saturated heterocycles. The summed E-state index contributed by atoms with van der Waals surface area (Å²) in [5.41, 5.74) is -5.33. The fraction of sp³-hybridized carbons (Fsp3) is 0.905. The molecule has 5 atom stereocenters. The number of carbonyl (C=O) groups excluding carboxylic acids is 2. The number of hydrogen-bond donors (Lipinski definition) is 2. The molecule has 0 aromatic heterocycles. The van der Waals surface area contributed by atoms with Crippen molar-refractivity contribution in [1.29, 1.82) is 0 Å². The Hall–Kier alpha value is -0.830. The third-order valence-electron chi connectivity index (χ3n) is 8.26. The molecule has 0 aromatic rings. The van der Waals surface area contributed by atoms with Crippen molar-refractivity contribution in [2.24, 2.45) is 35.0 Å². The molecule has 4 fully saturated rings. The van der Waals surface area contributed by atoms with Gasteiger partial charge >= 0.3 is 190 Å². The normalized spacial score (nSPS) is 32.3. The molecule has 2 aliphatic heterocycles. The average molecular weight is 614 g/mol. The third-order valence-corrected chi connectivity index (χ3v) is 13.2. The molecular weight excluding hydrogens is 585 g/mol. The Morgan fingerprint density at radius 3 is 1.97 bits per heavy atom. The van der Waals surface area contributed by atoms with Gasteiger partial charge in [-0.15, -0.1) is 0 Å². The number of alkyl halides is 7. The van der Waals surface area contributed by atoms with E-state index in [2.05, 4.69) is 11.8 Å². The molecule has 4 rings (SSSR count). The molecule has 2 aliphatic carbocycles. The summed E-state index contributed by atoms with van der Waals surface area (Å²) in [6.45, 7) is 6.16. The van der Waals surface area contributed by atoms with Crippen molar-refractivity contribution in [1.82, 2.24) is 7.06 Å². The Bertz CT molecular complexity index is 845. The number of ether oxygens (including phenoxy) is 2. The van der Waals surface area contributed by atoms with Crippen molar-refractivity contribution in [3.63, 3.8) is 0 Å². The van der Waals surface area contributed by atoms with Crippen molar-refractivity contribution >= 4 is 32.3 Å². The standard InChI is InChI=1S/C21H29F6IN2O4/c1-10(2)17(4,21-28(29-21)30-21)16(32)33-9-14-6-12-5-13(15(14)7-12)8-18(19(22,23)24,20(25,26)27)34-11(3)31/h10,12-15,29-30H,5-9H2,1-4H3. The van der Waals surface area contributed by atoms with E-state index in [9.17, 15) is 35.9 Å². The number of hydrogen-bond acceptors (Lipinski definition) is 6. The Morgan fingerprint density at radius 1 is 1.03 bits per heavy atom. The molecular formula is C21H29F6IN2O4. The van der Waals surface area contributed by atoms with Gasteiger partial charge in [0.2, 0.25) is 0 Å². The molecule has 0 aromatic carbocycles. The Morgan fingerprint density at radius 2 is 1.56 bits per heavy atom. The minimum absolute atomic E-state index is 0.0273. The van der Waals surface area contributed by atoms with Gasteiger partial charge in [0.05, 0.1) is 0 Å². The second-order valence-electron chi connectivity index (χ2n) is 10.5. The Kier molecular flexibility index (Phi) is 6.24. The van der Waals surface area contributed by atoms with Crippen molar-refractivity contribution in [3.8, 4) is 0 Å². The van der Waals surface area contributed by atoms with Crippen LogP contribution in [-0.2, 0) is 19.1 Å². The molecule has 0 radical (unpaired) electrons. The van der Waals surface area contributed by atoms with Crippen LogP contribution < -0.4 is 7.06 Å². The predicted molar refractivity (Wildman–Crippen MR) is 116 cm³/mol. The van der Waals surface area contributed by atoms with E-state index in [1.165, 1.54) is 0 Å². The first-order valence-corrected chi connectivity index (χ1v) is 14.5. The molecule has 6 nitrogen and oxygen atoms in total. The number of esters is 2. The summed E-state index contributed by atoms with van der Waals surface area (Å²) >= 11 is -1.47. The van der Waals surface area contributed by atoms with E-state index in [0.717, 1.165) is 0 Å². The molecule has 13 heteroatoms. The zero-order chi connectivity index (χ0) is 25.5. The summed E-state index contributed by atoms with van der Waals surface area (Å²) in [4.78, 5) is 24.3. The van der Waals surface area contributed by atoms with Crippen LogP contribution in [0.15, 0.2) is 0 Å². The van der Waals surface area contributed by atoms with Crippen LogP contribution in [0.2, 0.25) is 0 Å². The summed E-state index contributed by atoms with van der Waals surface area (Å²) in [6.07, 6.45) is -11.7. The zero-order valence-electron chi connectivity index (χ0n) is 19.2. The topological polar surface area (TPSA) is 96.5 Å². The van der Waals surface area contributed by atoms with Gasteiger partial charge < -0.3 is 0 Å². The second-order valence-corrected chi connectivity index (χ2v) is 14.8. The number of fused-ring (bicyclic) bond motifs is 3. The quantitative estimate of drug-likeness (QED) is 0.0771. The monoisotopic (exact) mass is 614 g/mol. The maximum absolute atomic E-state index is 13.7. The van der Waals surface area contributed by atoms with Crippen LogP contribution >= 0.6 is 20.4 Å². The van der Waals surface area contributed by atoms with Crippen LogP contribution in [0.3, 0.4) is 0 Å². The van der Waals surface area contributed by atoms with Crippen molar-refractivity contribution in [2.75, 3.05) is 6.61 Å². The van der Waals surface area contributed by atoms with Gasteiger partial charge in [-0.3, -0.25) is 4.79 Å². The maximum atomic E-state index is 13.7. The Balaban J connectivity index is 1.47. The first kappa shape index (κ1) is 26.2. The van der Waals surface area contributed by atoms with E-state index in [0.29, 0.717) is 19.8 Å². The van der Waals surface area contributed by atoms with Crippen LogP contribution in [0.4, 0.5) is 26.3 Å². The van der Waals surface area contributed by atoms with Crippen LogP contribution in [-0.4, -0.2) is 40.2 Å². The zero-order valence-corrected chi connectivity index (χ0v) is 21.4. The Labute approximate surface area is 201 Å². The number of rotatable bonds is 8. The van der Waals surface area contributed by atoms with Crippen molar-refractivity contribution < 1.29 is 45.4 Å².